The van der Waals surface area contributed by atoms with E-state index < -0.39 is 0 Å². The molecule has 0 unspecified atom stereocenters. The molecule has 0 fully saturated rings. The van der Waals surface area contributed by atoms with Gasteiger partial charge in [-0.05, 0) is 35.4 Å². The van der Waals surface area contributed by atoms with Gasteiger partial charge in [0.15, 0.2) is 0 Å². The normalized spacial score (nSPS) is 10.9. The average Bonchev–Trinajstić information content (AvgIpc) is 2.38. The van der Waals surface area contributed by atoms with Crippen LogP contribution in [0.15, 0.2) is 48.8 Å². The van der Waals surface area contributed by atoms with Gasteiger partial charge in [0.25, 0.3) is 0 Å². The monoisotopic (exact) mass is 240 g/mol. The largest absolute Gasteiger partial charge is 0.264 e. The lowest BCUT2D eigenvalue weighted by Gasteiger charge is -1.99. The summed E-state index contributed by atoms with van der Waals surface area (Å²) in [6.45, 7) is 0. The van der Waals surface area contributed by atoms with Crippen LogP contribution in [0.2, 0.25) is 5.02 Å². The van der Waals surface area contributed by atoms with Crippen LogP contribution in [0.5, 0.6) is 0 Å². The molecule has 2 aromatic rings. The van der Waals surface area contributed by atoms with Crippen LogP contribution in [0.1, 0.15) is 11.1 Å². The van der Waals surface area contributed by atoms with Gasteiger partial charge in [0.2, 0.25) is 0 Å². The van der Waals surface area contributed by atoms with Crippen molar-refractivity contribution in [2.45, 2.75) is 0 Å². The fourth-order valence-corrected chi connectivity index (χ4v) is 1.56. The van der Waals surface area contributed by atoms with E-state index in [1.54, 1.807) is 30.6 Å². The number of pyridine rings is 1. The minimum atomic E-state index is 0.592. The second-order valence-corrected chi connectivity index (χ2v) is 3.90. The highest BCUT2D eigenvalue weighted by Crippen LogP contribution is 2.19. The van der Waals surface area contributed by atoms with Crippen LogP contribution >= 0.6 is 11.6 Å². The summed E-state index contributed by atoms with van der Waals surface area (Å²) in [4.78, 5) is 4.00. The first-order valence-electron chi connectivity index (χ1n) is 5.07. The Hall–Kier alpha value is -2.11. The molecule has 0 amide bonds. The summed E-state index contributed by atoms with van der Waals surface area (Å²) in [5.74, 6) is 0. The van der Waals surface area contributed by atoms with E-state index in [9.17, 15) is 0 Å². The summed E-state index contributed by atoms with van der Waals surface area (Å²) in [5, 5.41) is 9.80. The molecule has 0 aliphatic carbocycles. The Labute approximate surface area is 105 Å². The number of aromatic nitrogens is 1. The molecule has 0 saturated carbocycles. The SMILES string of the molecule is N#CC(=Cc1cccnc1)c1ccc(Cl)cc1. The third-order valence-electron chi connectivity index (χ3n) is 2.27. The molecule has 0 saturated heterocycles. The van der Waals surface area contributed by atoms with E-state index in [1.807, 2.05) is 24.3 Å². The van der Waals surface area contributed by atoms with Gasteiger partial charge in [-0.15, -0.1) is 0 Å². The molecule has 1 aromatic heterocycles. The lowest BCUT2D eigenvalue weighted by molar-refractivity contribution is 1.32. The first-order chi connectivity index (χ1) is 8.29. The highest BCUT2D eigenvalue weighted by Gasteiger charge is 2.00. The van der Waals surface area contributed by atoms with Crippen molar-refractivity contribution in [2.24, 2.45) is 0 Å². The Morgan fingerprint density at radius 2 is 2.00 bits per heavy atom. The Morgan fingerprint density at radius 1 is 1.24 bits per heavy atom. The van der Waals surface area contributed by atoms with Crippen LogP contribution in [-0.4, -0.2) is 4.98 Å². The van der Waals surface area contributed by atoms with E-state index in [4.69, 9.17) is 16.9 Å². The van der Waals surface area contributed by atoms with Crippen molar-refractivity contribution in [1.29, 1.82) is 5.26 Å². The Morgan fingerprint density at radius 3 is 2.59 bits per heavy atom. The molecule has 0 spiro atoms. The summed E-state index contributed by atoms with van der Waals surface area (Å²) in [5.41, 5.74) is 2.34. The number of hydrogen-bond donors (Lipinski definition) is 0. The highest BCUT2D eigenvalue weighted by atomic mass is 35.5. The van der Waals surface area contributed by atoms with Gasteiger partial charge in [0, 0.05) is 17.4 Å². The minimum absolute atomic E-state index is 0.592. The molecule has 0 bridgehead atoms. The van der Waals surface area contributed by atoms with E-state index in [0.717, 1.165) is 11.1 Å². The second-order valence-electron chi connectivity index (χ2n) is 3.46. The molecule has 0 aliphatic rings. The highest BCUT2D eigenvalue weighted by molar-refractivity contribution is 6.30. The molecule has 17 heavy (non-hydrogen) atoms. The van der Waals surface area contributed by atoms with Crippen molar-refractivity contribution in [3.63, 3.8) is 0 Å². The summed E-state index contributed by atoms with van der Waals surface area (Å²) in [6, 6.07) is 13.1. The van der Waals surface area contributed by atoms with E-state index in [0.29, 0.717) is 10.6 Å². The quantitative estimate of drug-likeness (QED) is 0.749. The molecular weight excluding hydrogens is 232 g/mol. The zero-order chi connectivity index (χ0) is 12.1. The molecule has 0 radical (unpaired) electrons. The number of rotatable bonds is 2. The first-order valence-corrected chi connectivity index (χ1v) is 5.45. The summed E-state index contributed by atoms with van der Waals surface area (Å²) in [6.07, 6.45) is 5.22. The van der Waals surface area contributed by atoms with Crippen LogP contribution in [0.25, 0.3) is 11.6 Å². The Bertz CT molecular complexity index is 565. The number of nitrogens with zero attached hydrogens (tertiary/aromatic N) is 2. The smallest absolute Gasteiger partial charge is 0.0998 e. The number of allylic oxidation sites excluding steroid dienone is 1. The molecular formula is C14H9ClN2. The average molecular weight is 241 g/mol. The van der Waals surface area contributed by atoms with Crippen molar-refractivity contribution in [3.05, 3.63) is 64.9 Å². The van der Waals surface area contributed by atoms with Gasteiger partial charge in [0.05, 0.1) is 11.6 Å². The molecule has 3 heteroatoms. The molecule has 0 N–H and O–H groups in total. The summed E-state index contributed by atoms with van der Waals surface area (Å²) >= 11 is 5.81. The van der Waals surface area contributed by atoms with E-state index in [-0.39, 0.29) is 0 Å². The predicted molar refractivity (Wildman–Crippen MR) is 69.2 cm³/mol. The molecule has 2 rings (SSSR count). The van der Waals surface area contributed by atoms with Crippen LogP contribution in [0.4, 0.5) is 0 Å². The number of halogens is 1. The Balaban J connectivity index is 2.38. The van der Waals surface area contributed by atoms with Gasteiger partial charge in [-0.25, -0.2) is 0 Å². The number of nitriles is 1. The third-order valence-corrected chi connectivity index (χ3v) is 2.52. The Kier molecular flexibility index (Phi) is 3.54. The van der Waals surface area contributed by atoms with Crippen LogP contribution in [0, 0.1) is 11.3 Å². The topological polar surface area (TPSA) is 36.7 Å². The zero-order valence-electron chi connectivity index (χ0n) is 8.97. The van der Waals surface area contributed by atoms with Crippen LogP contribution in [0.3, 0.4) is 0 Å². The van der Waals surface area contributed by atoms with Gasteiger partial charge in [-0.2, -0.15) is 5.26 Å². The van der Waals surface area contributed by atoms with Crippen molar-refractivity contribution in [1.82, 2.24) is 4.98 Å². The van der Waals surface area contributed by atoms with Gasteiger partial charge >= 0.3 is 0 Å². The number of benzene rings is 1. The van der Waals surface area contributed by atoms with Gasteiger partial charge in [-0.3, -0.25) is 4.98 Å². The van der Waals surface area contributed by atoms with Crippen molar-refractivity contribution in [2.75, 3.05) is 0 Å². The van der Waals surface area contributed by atoms with E-state index >= 15 is 0 Å². The van der Waals surface area contributed by atoms with Gasteiger partial charge in [-0.1, -0.05) is 29.8 Å². The molecule has 1 aromatic carbocycles. The molecule has 2 nitrogen and oxygen atoms in total. The van der Waals surface area contributed by atoms with E-state index in [1.165, 1.54) is 0 Å². The van der Waals surface area contributed by atoms with Gasteiger partial charge < -0.3 is 0 Å². The summed E-state index contributed by atoms with van der Waals surface area (Å²) in [7, 11) is 0. The standard InChI is InChI=1S/C14H9ClN2/c15-14-5-3-12(4-6-14)13(9-16)8-11-2-1-7-17-10-11/h1-8,10H. The molecule has 82 valence electrons. The minimum Gasteiger partial charge on any atom is -0.264 e. The molecule has 1 heterocycles. The lowest BCUT2D eigenvalue weighted by atomic mass is 10.1. The maximum Gasteiger partial charge on any atom is 0.0998 e. The molecule has 0 aliphatic heterocycles. The van der Waals surface area contributed by atoms with Crippen molar-refractivity contribution >= 4 is 23.3 Å². The maximum absolute atomic E-state index is 9.14. The lowest BCUT2D eigenvalue weighted by Crippen LogP contribution is -1.82. The fraction of sp³-hybridized carbons (Fsp3) is 0. The third kappa shape index (κ3) is 2.93. The second kappa shape index (κ2) is 5.29. The van der Waals surface area contributed by atoms with Crippen molar-refractivity contribution < 1.29 is 0 Å². The predicted octanol–water partition coefficient (Wildman–Crippen LogP) is 3.80. The molecule has 0 atom stereocenters. The zero-order valence-corrected chi connectivity index (χ0v) is 9.72. The van der Waals surface area contributed by atoms with Crippen molar-refractivity contribution in [3.8, 4) is 6.07 Å². The first kappa shape index (κ1) is 11.4. The van der Waals surface area contributed by atoms with Gasteiger partial charge in [0.1, 0.15) is 0 Å². The van der Waals surface area contributed by atoms with E-state index in [2.05, 4.69) is 11.1 Å². The van der Waals surface area contributed by atoms with Crippen LogP contribution < -0.4 is 0 Å². The number of hydrogen-bond acceptors (Lipinski definition) is 2. The van der Waals surface area contributed by atoms with Crippen LogP contribution in [-0.2, 0) is 0 Å². The summed E-state index contributed by atoms with van der Waals surface area (Å²) < 4.78 is 0. The fourth-order valence-electron chi connectivity index (χ4n) is 1.44. The maximum atomic E-state index is 9.14.